The quantitative estimate of drug-likeness (QED) is 0.662. The van der Waals surface area contributed by atoms with Crippen LogP contribution in [0.3, 0.4) is 0 Å². The van der Waals surface area contributed by atoms with E-state index in [1.165, 1.54) is 17.8 Å². The van der Waals surface area contributed by atoms with Crippen LogP contribution in [0, 0.1) is 0 Å². The number of rotatable bonds is 5. The van der Waals surface area contributed by atoms with Crippen LogP contribution in [0.2, 0.25) is 0 Å². The molecule has 0 saturated heterocycles. The summed E-state index contributed by atoms with van der Waals surface area (Å²) in [5, 5.41) is 14.3. The third-order valence-corrected chi connectivity index (χ3v) is 5.54. The van der Waals surface area contributed by atoms with Gasteiger partial charge < -0.3 is 15.6 Å². The molecule has 0 aliphatic carbocycles. The van der Waals surface area contributed by atoms with Gasteiger partial charge >= 0.3 is 0 Å². The Bertz CT molecular complexity index is 954. The summed E-state index contributed by atoms with van der Waals surface area (Å²) in [6.45, 7) is 1.47. The number of nitrogens with two attached hydrogens (primary N) is 1. The second kappa shape index (κ2) is 9.27. The van der Waals surface area contributed by atoms with Crippen LogP contribution in [0.15, 0.2) is 29.6 Å². The van der Waals surface area contributed by atoms with Crippen molar-refractivity contribution in [2.75, 3.05) is 11.9 Å². The summed E-state index contributed by atoms with van der Waals surface area (Å²) in [4.78, 5) is 16.8. The summed E-state index contributed by atoms with van der Waals surface area (Å²) >= 11 is 1.46. The first kappa shape index (κ1) is 20.4. The molecule has 2 aromatic heterocycles. The number of aryl methyl sites for hydroxylation is 1. The van der Waals surface area contributed by atoms with Crippen LogP contribution < -0.4 is 11.1 Å². The second-order valence-electron chi connectivity index (χ2n) is 6.60. The second-order valence-corrected chi connectivity index (χ2v) is 7.54. The van der Waals surface area contributed by atoms with E-state index < -0.39 is 0 Å². The van der Waals surface area contributed by atoms with Crippen molar-refractivity contribution in [1.82, 2.24) is 19.7 Å². The van der Waals surface area contributed by atoms with Crippen LogP contribution in [0.25, 0.3) is 11.4 Å². The highest BCUT2D eigenvalue weighted by Crippen LogP contribution is 2.25. The van der Waals surface area contributed by atoms with Gasteiger partial charge in [-0.3, -0.25) is 4.79 Å². The van der Waals surface area contributed by atoms with Gasteiger partial charge in [-0.15, -0.1) is 33.9 Å². The van der Waals surface area contributed by atoms with Crippen molar-refractivity contribution in [3.05, 3.63) is 46.2 Å². The summed E-state index contributed by atoms with van der Waals surface area (Å²) in [5.74, 6) is 1.69. The Kier molecular flexibility index (Phi) is 6.77. The lowest BCUT2D eigenvalue weighted by molar-refractivity contribution is 0.102. The standard InChI is InChI=1S/C19H22N6OS.ClH/c20-9-8-17-22-15(12-27-17)19(26)21-14-6-4-5-13(11-14)18-24-23-16-7-2-1-3-10-25(16)18;/h4-6,11-12H,1-3,7-10,20H2,(H,21,26);1H. The lowest BCUT2D eigenvalue weighted by atomic mass is 10.2. The first-order valence-electron chi connectivity index (χ1n) is 9.23. The van der Waals surface area contributed by atoms with E-state index in [-0.39, 0.29) is 18.3 Å². The van der Waals surface area contributed by atoms with Gasteiger partial charge in [-0.1, -0.05) is 18.6 Å². The third kappa shape index (κ3) is 4.40. The highest BCUT2D eigenvalue weighted by Gasteiger charge is 2.17. The lowest BCUT2D eigenvalue weighted by Crippen LogP contribution is -2.13. The van der Waals surface area contributed by atoms with E-state index >= 15 is 0 Å². The molecule has 1 aliphatic rings. The molecule has 148 valence electrons. The highest BCUT2D eigenvalue weighted by atomic mass is 35.5. The number of aromatic nitrogens is 4. The van der Waals surface area contributed by atoms with Gasteiger partial charge in [0, 0.05) is 36.0 Å². The molecule has 4 rings (SSSR count). The first-order chi connectivity index (χ1) is 13.2. The Balaban J connectivity index is 0.00000225. The largest absolute Gasteiger partial charge is 0.330 e. The number of carbonyl (C=O) groups excluding carboxylic acids is 1. The van der Waals surface area contributed by atoms with Crippen molar-refractivity contribution in [3.63, 3.8) is 0 Å². The minimum Gasteiger partial charge on any atom is -0.330 e. The van der Waals surface area contributed by atoms with Gasteiger partial charge in [-0.2, -0.15) is 0 Å². The van der Waals surface area contributed by atoms with Crippen LogP contribution in [0.5, 0.6) is 0 Å². The van der Waals surface area contributed by atoms with Crippen molar-refractivity contribution in [2.24, 2.45) is 5.73 Å². The van der Waals surface area contributed by atoms with Crippen LogP contribution in [-0.4, -0.2) is 32.2 Å². The fraction of sp³-hybridized carbons (Fsp3) is 0.368. The molecule has 3 heterocycles. The zero-order chi connectivity index (χ0) is 18.6. The summed E-state index contributed by atoms with van der Waals surface area (Å²) in [6, 6.07) is 7.73. The Hall–Kier alpha value is -2.29. The van der Waals surface area contributed by atoms with Crippen molar-refractivity contribution in [3.8, 4) is 11.4 Å². The maximum absolute atomic E-state index is 12.5. The molecule has 1 aliphatic heterocycles. The Labute approximate surface area is 173 Å². The van der Waals surface area contributed by atoms with Gasteiger partial charge in [0.25, 0.3) is 5.91 Å². The molecule has 0 bridgehead atoms. The molecule has 7 nitrogen and oxygen atoms in total. The zero-order valence-corrected chi connectivity index (χ0v) is 17.1. The van der Waals surface area contributed by atoms with Gasteiger partial charge in [-0.05, 0) is 31.5 Å². The fourth-order valence-electron chi connectivity index (χ4n) is 3.28. The Morgan fingerprint density at radius 2 is 2.14 bits per heavy atom. The number of anilines is 1. The molecular weight excluding hydrogens is 396 g/mol. The molecule has 3 N–H and O–H groups in total. The normalized spacial score (nSPS) is 13.3. The summed E-state index contributed by atoms with van der Waals surface area (Å²) in [5.41, 5.74) is 7.64. The maximum atomic E-state index is 12.5. The van der Waals surface area contributed by atoms with Gasteiger partial charge in [-0.25, -0.2) is 4.98 Å². The monoisotopic (exact) mass is 418 g/mol. The topological polar surface area (TPSA) is 98.7 Å². The van der Waals surface area contributed by atoms with Gasteiger partial charge in [0.1, 0.15) is 11.5 Å². The number of nitrogens with zero attached hydrogens (tertiary/aromatic N) is 4. The number of halogens is 1. The molecule has 0 atom stereocenters. The minimum atomic E-state index is -0.216. The molecule has 0 saturated carbocycles. The fourth-order valence-corrected chi connectivity index (χ4v) is 4.08. The lowest BCUT2D eigenvalue weighted by Gasteiger charge is -2.09. The van der Waals surface area contributed by atoms with Crippen molar-refractivity contribution < 1.29 is 4.79 Å². The average molecular weight is 419 g/mol. The number of fused-ring (bicyclic) bond motifs is 1. The minimum absolute atomic E-state index is 0. The Morgan fingerprint density at radius 1 is 1.25 bits per heavy atom. The van der Waals surface area contributed by atoms with Gasteiger partial charge in [0.2, 0.25) is 0 Å². The number of nitrogens with one attached hydrogen (secondary N) is 1. The molecule has 9 heteroatoms. The van der Waals surface area contributed by atoms with E-state index in [4.69, 9.17) is 5.73 Å². The van der Waals surface area contributed by atoms with Crippen LogP contribution in [0.1, 0.15) is 40.6 Å². The molecule has 0 unspecified atom stereocenters. The van der Waals surface area contributed by atoms with Crippen LogP contribution in [-0.2, 0) is 19.4 Å². The highest BCUT2D eigenvalue weighted by molar-refractivity contribution is 7.09. The molecule has 1 aromatic carbocycles. The van der Waals surface area contributed by atoms with E-state index in [2.05, 4.69) is 25.1 Å². The van der Waals surface area contributed by atoms with Crippen molar-refractivity contribution in [1.29, 1.82) is 0 Å². The smallest absolute Gasteiger partial charge is 0.275 e. The number of carbonyl (C=O) groups is 1. The molecule has 0 radical (unpaired) electrons. The van der Waals surface area contributed by atoms with Crippen molar-refractivity contribution >= 4 is 35.3 Å². The number of hydrogen-bond acceptors (Lipinski definition) is 6. The SMILES string of the molecule is Cl.NCCc1nc(C(=O)Nc2cccc(-c3nnc4n3CCCCC4)c2)cs1. The van der Waals surface area contributed by atoms with Gasteiger partial charge in [0.15, 0.2) is 5.82 Å². The molecule has 28 heavy (non-hydrogen) atoms. The number of amides is 1. The molecule has 1 amide bonds. The van der Waals surface area contributed by atoms with Gasteiger partial charge in [0.05, 0.1) is 5.01 Å². The first-order valence-corrected chi connectivity index (χ1v) is 10.1. The average Bonchev–Trinajstić information content (AvgIpc) is 3.24. The summed E-state index contributed by atoms with van der Waals surface area (Å²) in [6.07, 6.45) is 5.18. The van der Waals surface area contributed by atoms with Crippen molar-refractivity contribution in [2.45, 2.75) is 38.6 Å². The summed E-state index contributed by atoms with van der Waals surface area (Å²) in [7, 11) is 0. The number of hydrogen-bond donors (Lipinski definition) is 2. The van der Waals surface area contributed by atoms with E-state index in [1.54, 1.807) is 5.38 Å². The summed E-state index contributed by atoms with van der Waals surface area (Å²) < 4.78 is 2.20. The van der Waals surface area contributed by atoms with Crippen LogP contribution in [0.4, 0.5) is 5.69 Å². The van der Waals surface area contributed by atoms with E-state index in [9.17, 15) is 4.79 Å². The number of benzene rings is 1. The zero-order valence-electron chi connectivity index (χ0n) is 15.4. The van der Waals surface area contributed by atoms with Crippen LogP contribution >= 0.6 is 23.7 Å². The molecule has 0 spiro atoms. The molecule has 0 fully saturated rings. The predicted octanol–water partition coefficient (Wildman–Crippen LogP) is 3.30. The van der Waals surface area contributed by atoms with E-state index in [1.807, 2.05) is 24.3 Å². The number of thiazole rings is 1. The Morgan fingerprint density at radius 3 is 3.00 bits per heavy atom. The van der Waals surface area contributed by atoms with E-state index in [0.29, 0.717) is 18.7 Å². The molecular formula is C19H23ClN6OS. The van der Waals surface area contributed by atoms with E-state index in [0.717, 1.165) is 53.7 Å². The maximum Gasteiger partial charge on any atom is 0.275 e. The third-order valence-electron chi connectivity index (χ3n) is 4.63. The predicted molar refractivity (Wildman–Crippen MR) is 113 cm³/mol. The molecule has 3 aromatic rings.